The average Bonchev–Trinajstić information content (AvgIpc) is 2.87. The largest absolute Gasteiger partial charge is 0.355 e. The fourth-order valence-corrected chi connectivity index (χ4v) is 4.10. The molecule has 0 atom stereocenters. The summed E-state index contributed by atoms with van der Waals surface area (Å²) in [6.45, 7) is 13.4. The Kier molecular flexibility index (Phi) is 7.22. The number of hydrogen-bond acceptors (Lipinski definition) is 5. The molecule has 1 aliphatic rings. The number of nitrogens with zero attached hydrogens (tertiary/aromatic N) is 1. The van der Waals surface area contributed by atoms with Crippen LogP contribution in [0.5, 0.6) is 0 Å². The minimum absolute atomic E-state index is 0.0411. The molecule has 0 aromatic heterocycles. The summed E-state index contributed by atoms with van der Waals surface area (Å²) in [5.74, 6) is 0.301. The predicted octanol–water partition coefficient (Wildman–Crippen LogP) is 6.66. The van der Waals surface area contributed by atoms with Gasteiger partial charge in [0.1, 0.15) is 0 Å². The van der Waals surface area contributed by atoms with E-state index in [2.05, 4.69) is 74.2 Å². The fourth-order valence-electron chi connectivity index (χ4n) is 4.10. The minimum Gasteiger partial charge on any atom is -0.355 e. The second-order valence-corrected chi connectivity index (χ2v) is 10.1. The SMILES string of the molecule is C=C(Nc1cccc(C2=CCC(=O)C(Nc3ccc(CN)cc3)=N2)c1C)c1ccc(C(C)(C)C)cc1. The molecule has 0 spiro atoms. The number of Topliss-reactive ketones (excluding diaryl/α,β-unsaturated/α-hetero) is 1. The molecule has 184 valence electrons. The number of aliphatic imine (C=N–C) groups is 1. The number of ketones is 1. The Morgan fingerprint density at radius 3 is 2.36 bits per heavy atom. The number of rotatable bonds is 6. The lowest BCUT2D eigenvalue weighted by atomic mass is 9.86. The molecule has 3 aromatic rings. The number of nitrogens with two attached hydrogens (primary N) is 1. The first kappa shape index (κ1) is 25.1. The Balaban J connectivity index is 1.54. The molecule has 0 bridgehead atoms. The number of carbonyl (C=O) groups excluding carboxylic acids is 1. The van der Waals surface area contributed by atoms with Crippen LogP contribution < -0.4 is 16.4 Å². The third kappa shape index (κ3) is 5.64. The number of carbonyl (C=O) groups is 1. The molecule has 3 aromatic carbocycles. The molecule has 0 amide bonds. The molecular formula is C31H34N4O. The molecule has 0 saturated carbocycles. The fraction of sp³-hybridized carbons (Fsp3) is 0.226. The Hall–Kier alpha value is -3.96. The van der Waals surface area contributed by atoms with Crippen LogP contribution in [-0.2, 0) is 16.8 Å². The van der Waals surface area contributed by atoms with E-state index in [1.54, 1.807) is 0 Å². The molecule has 5 nitrogen and oxygen atoms in total. The van der Waals surface area contributed by atoms with E-state index in [4.69, 9.17) is 5.73 Å². The van der Waals surface area contributed by atoms with Gasteiger partial charge in [0.2, 0.25) is 5.78 Å². The Bertz CT molecular complexity index is 1340. The quantitative estimate of drug-likeness (QED) is 0.370. The molecule has 4 N–H and O–H groups in total. The number of hydrogen-bond donors (Lipinski definition) is 3. The summed E-state index contributed by atoms with van der Waals surface area (Å²) in [6.07, 6.45) is 2.18. The molecule has 0 aliphatic carbocycles. The molecule has 0 unspecified atom stereocenters. The van der Waals surface area contributed by atoms with Gasteiger partial charge >= 0.3 is 0 Å². The summed E-state index contributed by atoms with van der Waals surface area (Å²) in [4.78, 5) is 17.2. The molecule has 0 fully saturated rings. The topological polar surface area (TPSA) is 79.5 Å². The van der Waals surface area contributed by atoms with Crippen molar-refractivity contribution in [2.24, 2.45) is 10.7 Å². The molecule has 1 aliphatic heterocycles. The van der Waals surface area contributed by atoms with E-state index in [-0.39, 0.29) is 11.2 Å². The molecular weight excluding hydrogens is 444 g/mol. The molecule has 4 rings (SSSR count). The maximum absolute atomic E-state index is 12.6. The first-order valence-electron chi connectivity index (χ1n) is 12.2. The average molecular weight is 479 g/mol. The first-order valence-corrected chi connectivity index (χ1v) is 12.2. The van der Waals surface area contributed by atoms with Gasteiger partial charge in [0.25, 0.3) is 0 Å². The third-order valence-electron chi connectivity index (χ3n) is 6.42. The van der Waals surface area contributed by atoms with Crippen molar-refractivity contribution in [2.45, 2.75) is 46.1 Å². The van der Waals surface area contributed by atoms with Crippen molar-refractivity contribution in [3.63, 3.8) is 0 Å². The van der Waals surface area contributed by atoms with Gasteiger partial charge in [-0.2, -0.15) is 0 Å². The second-order valence-electron chi connectivity index (χ2n) is 10.1. The number of allylic oxidation sites excluding steroid dienone is 1. The van der Waals surface area contributed by atoms with Crippen molar-refractivity contribution in [1.29, 1.82) is 0 Å². The summed E-state index contributed by atoms with van der Waals surface area (Å²) in [7, 11) is 0. The van der Waals surface area contributed by atoms with Crippen LogP contribution in [0, 0.1) is 6.92 Å². The van der Waals surface area contributed by atoms with Gasteiger partial charge < -0.3 is 16.4 Å². The van der Waals surface area contributed by atoms with Crippen LogP contribution in [0.1, 0.15) is 55.0 Å². The van der Waals surface area contributed by atoms with Gasteiger partial charge in [-0.25, -0.2) is 4.99 Å². The monoisotopic (exact) mass is 478 g/mol. The van der Waals surface area contributed by atoms with Crippen molar-refractivity contribution < 1.29 is 4.79 Å². The maximum atomic E-state index is 12.6. The first-order chi connectivity index (χ1) is 17.2. The molecule has 1 heterocycles. The minimum atomic E-state index is -0.0411. The molecule has 0 radical (unpaired) electrons. The number of nitrogens with one attached hydrogen (secondary N) is 2. The zero-order valence-corrected chi connectivity index (χ0v) is 21.5. The highest BCUT2D eigenvalue weighted by Gasteiger charge is 2.19. The standard InChI is InChI=1S/C31H34N4O/c1-20-26(28-17-18-29(36)30(35-28)34-25-15-9-22(19-32)10-16-25)7-6-8-27(20)33-21(2)23-11-13-24(14-12-23)31(3,4)5/h6-17,33H,2,18-19,32H2,1,3-5H3,(H,34,35). The zero-order valence-electron chi connectivity index (χ0n) is 21.5. The van der Waals surface area contributed by atoms with Crippen LogP contribution in [0.4, 0.5) is 11.4 Å². The van der Waals surface area contributed by atoms with Crippen LogP contribution in [-0.4, -0.2) is 11.6 Å². The normalized spacial score (nSPS) is 13.6. The number of anilines is 2. The van der Waals surface area contributed by atoms with Gasteiger partial charge in [-0.05, 0) is 52.8 Å². The summed E-state index contributed by atoms with van der Waals surface area (Å²) in [5.41, 5.74) is 14.5. The second kappa shape index (κ2) is 10.3. The Labute approximate surface area is 213 Å². The van der Waals surface area contributed by atoms with Crippen molar-refractivity contribution in [3.05, 3.63) is 107 Å². The predicted molar refractivity (Wildman–Crippen MR) is 152 cm³/mol. The summed E-state index contributed by atoms with van der Waals surface area (Å²) >= 11 is 0. The lowest BCUT2D eigenvalue weighted by Crippen LogP contribution is -2.25. The van der Waals surface area contributed by atoms with Crippen molar-refractivity contribution in [1.82, 2.24) is 0 Å². The van der Waals surface area contributed by atoms with Crippen LogP contribution in [0.2, 0.25) is 0 Å². The van der Waals surface area contributed by atoms with Gasteiger partial charge in [-0.1, -0.05) is 82.0 Å². The van der Waals surface area contributed by atoms with E-state index < -0.39 is 0 Å². The smallest absolute Gasteiger partial charge is 0.201 e. The Morgan fingerprint density at radius 1 is 1.03 bits per heavy atom. The Morgan fingerprint density at radius 2 is 1.72 bits per heavy atom. The highest BCUT2D eigenvalue weighted by molar-refractivity contribution is 6.45. The van der Waals surface area contributed by atoms with Gasteiger partial charge in [0.05, 0.1) is 5.70 Å². The number of benzene rings is 3. The van der Waals surface area contributed by atoms with Gasteiger partial charge in [-0.15, -0.1) is 0 Å². The van der Waals surface area contributed by atoms with Crippen LogP contribution in [0.25, 0.3) is 11.4 Å². The summed E-state index contributed by atoms with van der Waals surface area (Å²) < 4.78 is 0. The van der Waals surface area contributed by atoms with E-state index in [9.17, 15) is 4.79 Å². The number of amidine groups is 1. The van der Waals surface area contributed by atoms with Crippen molar-refractivity contribution >= 4 is 34.4 Å². The van der Waals surface area contributed by atoms with Crippen LogP contribution in [0.3, 0.4) is 0 Å². The van der Waals surface area contributed by atoms with E-state index in [1.165, 1.54) is 5.56 Å². The summed E-state index contributed by atoms with van der Waals surface area (Å²) in [6, 6.07) is 22.3. The van der Waals surface area contributed by atoms with Crippen molar-refractivity contribution in [3.8, 4) is 0 Å². The molecule has 36 heavy (non-hydrogen) atoms. The van der Waals surface area contributed by atoms with Gasteiger partial charge in [0.15, 0.2) is 5.84 Å². The highest BCUT2D eigenvalue weighted by atomic mass is 16.1. The third-order valence-corrected chi connectivity index (χ3v) is 6.42. The van der Waals surface area contributed by atoms with E-state index in [0.717, 1.165) is 45.0 Å². The maximum Gasteiger partial charge on any atom is 0.201 e. The molecule has 5 heteroatoms. The zero-order chi connectivity index (χ0) is 25.9. The van der Waals surface area contributed by atoms with E-state index >= 15 is 0 Å². The van der Waals surface area contributed by atoms with Crippen LogP contribution in [0.15, 0.2) is 84.4 Å². The van der Waals surface area contributed by atoms with Gasteiger partial charge in [-0.3, -0.25) is 4.79 Å². The van der Waals surface area contributed by atoms with E-state index in [0.29, 0.717) is 18.8 Å². The van der Waals surface area contributed by atoms with Crippen molar-refractivity contribution in [2.75, 3.05) is 10.6 Å². The highest BCUT2D eigenvalue weighted by Crippen LogP contribution is 2.31. The summed E-state index contributed by atoms with van der Waals surface area (Å²) in [5, 5.41) is 6.65. The van der Waals surface area contributed by atoms with E-state index in [1.807, 2.05) is 48.5 Å². The lowest BCUT2D eigenvalue weighted by molar-refractivity contribution is -0.112. The van der Waals surface area contributed by atoms with Gasteiger partial charge in [0, 0.05) is 35.6 Å². The molecule has 0 saturated heterocycles. The lowest BCUT2D eigenvalue weighted by Gasteiger charge is -2.20. The van der Waals surface area contributed by atoms with Crippen LogP contribution >= 0.6 is 0 Å².